The van der Waals surface area contributed by atoms with Crippen LogP contribution < -0.4 is 4.74 Å². The summed E-state index contributed by atoms with van der Waals surface area (Å²) in [5.41, 5.74) is 4.41. The molecule has 3 aromatic rings. The Morgan fingerprint density at radius 1 is 1.00 bits per heavy atom. The first kappa shape index (κ1) is 17.0. The van der Waals surface area contributed by atoms with E-state index in [1.807, 2.05) is 45.0 Å². The Kier molecular flexibility index (Phi) is 4.70. The molecule has 4 heteroatoms. The Hall–Kier alpha value is -2.88. The van der Waals surface area contributed by atoms with E-state index >= 15 is 0 Å². The summed E-state index contributed by atoms with van der Waals surface area (Å²) in [5.74, 6) is 1.10. The van der Waals surface area contributed by atoms with Gasteiger partial charge in [0.15, 0.2) is 0 Å². The first-order valence-corrected chi connectivity index (χ1v) is 8.31. The minimum atomic E-state index is -0.345. The number of fused-ring (bicyclic) bond motifs is 1. The van der Waals surface area contributed by atoms with Crippen molar-refractivity contribution in [2.75, 3.05) is 6.61 Å². The number of carbonyl (C=O) groups excluding carboxylic acids is 1. The zero-order chi connectivity index (χ0) is 18.0. The van der Waals surface area contributed by atoms with Crippen molar-refractivity contribution in [3.8, 4) is 11.5 Å². The Morgan fingerprint density at radius 2 is 1.72 bits per heavy atom. The van der Waals surface area contributed by atoms with Crippen molar-refractivity contribution in [1.82, 2.24) is 4.98 Å². The van der Waals surface area contributed by atoms with E-state index in [0.717, 1.165) is 33.5 Å². The van der Waals surface area contributed by atoms with Crippen molar-refractivity contribution >= 4 is 16.9 Å². The molecule has 0 bridgehead atoms. The van der Waals surface area contributed by atoms with Crippen LogP contribution in [0.2, 0.25) is 0 Å². The van der Waals surface area contributed by atoms with E-state index in [1.165, 1.54) is 0 Å². The summed E-state index contributed by atoms with van der Waals surface area (Å²) in [6.07, 6.45) is 0. The van der Waals surface area contributed by atoms with Crippen molar-refractivity contribution in [2.24, 2.45) is 0 Å². The molecule has 0 aliphatic rings. The predicted molar refractivity (Wildman–Crippen MR) is 98.4 cm³/mol. The second-order valence-electron chi connectivity index (χ2n) is 6.14. The smallest absolute Gasteiger partial charge is 0.338 e. The van der Waals surface area contributed by atoms with Crippen LogP contribution in [-0.2, 0) is 4.74 Å². The fourth-order valence-corrected chi connectivity index (χ4v) is 2.87. The Bertz CT molecular complexity index is 927. The van der Waals surface area contributed by atoms with E-state index < -0.39 is 0 Å². The van der Waals surface area contributed by atoms with Crippen LogP contribution in [0.25, 0.3) is 10.9 Å². The first-order valence-electron chi connectivity index (χ1n) is 8.31. The quantitative estimate of drug-likeness (QED) is 0.620. The van der Waals surface area contributed by atoms with Gasteiger partial charge in [-0.15, -0.1) is 0 Å². The normalized spacial score (nSPS) is 10.7. The summed E-state index contributed by atoms with van der Waals surface area (Å²) in [6, 6.07) is 13.3. The van der Waals surface area contributed by atoms with Gasteiger partial charge in [0.25, 0.3) is 0 Å². The second kappa shape index (κ2) is 6.93. The van der Waals surface area contributed by atoms with Crippen LogP contribution in [0, 0.1) is 20.8 Å². The number of nitrogens with zero attached hydrogens (tertiary/aromatic N) is 1. The summed E-state index contributed by atoms with van der Waals surface area (Å²) < 4.78 is 11.2. The minimum absolute atomic E-state index is 0.342. The average Bonchev–Trinajstić information content (AvgIpc) is 2.53. The van der Waals surface area contributed by atoms with E-state index in [2.05, 4.69) is 11.1 Å². The Morgan fingerprint density at radius 3 is 2.40 bits per heavy atom. The molecule has 4 nitrogen and oxygen atoms in total. The molecule has 0 amide bonds. The maximum absolute atomic E-state index is 12.0. The van der Waals surface area contributed by atoms with Crippen molar-refractivity contribution < 1.29 is 14.3 Å². The minimum Gasteiger partial charge on any atom is -0.462 e. The van der Waals surface area contributed by atoms with Crippen LogP contribution in [0.3, 0.4) is 0 Å². The number of ether oxygens (including phenoxy) is 2. The lowest BCUT2D eigenvalue weighted by Crippen LogP contribution is -2.04. The van der Waals surface area contributed by atoms with Crippen LogP contribution in [0.15, 0.2) is 42.5 Å². The Labute approximate surface area is 147 Å². The summed E-state index contributed by atoms with van der Waals surface area (Å²) in [5, 5.41) is 0.787. The van der Waals surface area contributed by atoms with Gasteiger partial charge in [-0.25, -0.2) is 4.79 Å². The van der Waals surface area contributed by atoms with Gasteiger partial charge in [0.2, 0.25) is 0 Å². The number of pyridine rings is 1. The molecule has 0 saturated heterocycles. The molecule has 25 heavy (non-hydrogen) atoms. The molecule has 0 atom stereocenters. The van der Waals surface area contributed by atoms with Gasteiger partial charge in [0.05, 0.1) is 17.7 Å². The topological polar surface area (TPSA) is 48.4 Å². The number of rotatable bonds is 4. The molecule has 128 valence electrons. The van der Waals surface area contributed by atoms with Gasteiger partial charge in [-0.1, -0.05) is 6.07 Å². The van der Waals surface area contributed by atoms with Crippen molar-refractivity contribution in [2.45, 2.75) is 27.7 Å². The summed E-state index contributed by atoms with van der Waals surface area (Å²) in [4.78, 5) is 16.6. The van der Waals surface area contributed by atoms with Crippen LogP contribution in [-0.4, -0.2) is 17.6 Å². The molecule has 2 aromatic carbocycles. The van der Waals surface area contributed by atoms with Gasteiger partial charge in [0, 0.05) is 17.1 Å². The molecule has 0 aliphatic carbocycles. The van der Waals surface area contributed by atoms with Crippen LogP contribution >= 0.6 is 0 Å². The highest BCUT2D eigenvalue weighted by molar-refractivity contribution is 5.96. The lowest BCUT2D eigenvalue weighted by molar-refractivity contribution is 0.0526. The SMILES string of the molecule is CCOC(=O)c1ccc2nc(C)cc(Oc3cc(C)cc(C)c3)c2c1. The average molecular weight is 335 g/mol. The maximum Gasteiger partial charge on any atom is 0.338 e. The third-order valence-corrected chi connectivity index (χ3v) is 3.83. The molecular weight excluding hydrogens is 314 g/mol. The van der Waals surface area contributed by atoms with E-state index in [-0.39, 0.29) is 5.97 Å². The highest BCUT2D eigenvalue weighted by Gasteiger charge is 2.12. The molecule has 1 aromatic heterocycles. The molecule has 1 heterocycles. The number of carbonyl (C=O) groups is 1. The molecule has 0 N–H and O–H groups in total. The second-order valence-corrected chi connectivity index (χ2v) is 6.14. The van der Waals surface area contributed by atoms with Crippen molar-refractivity contribution in [3.63, 3.8) is 0 Å². The summed E-state index contributed by atoms with van der Waals surface area (Å²) in [7, 11) is 0. The number of hydrogen-bond acceptors (Lipinski definition) is 4. The number of esters is 1. The molecule has 3 rings (SSSR count). The molecule has 0 saturated carbocycles. The number of benzene rings is 2. The molecule has 0 radical (unpaired) electrons. The summed E-state index contributed by atoms with van der Waals surface area (Å²) in [6.45, 7) is 8.13. The predicted octanol–water partition coefficient (Wildman–Crippen LogP) is 5.13. The highest BCUT2D eigenvalue weighted by atomic mass is 16.5. The van der Waals surface area contributed by atoms with Gasteiger partial charge in [-0.05, 0) is 69.2 Å². The standard InChI is InChI=1S/C21H21NO3/c1-5-24-21(23)16-6-7-19-18(12-16)20(11-15(4)22-19)25-17-9-13(2)8-14(3)10-17/h6-12H,5H2,1-4H3. The fraction of sp³-hybridized carbons (Fsp3) is 0.238. The molecule has 0 aliphatic heterocycles. The van der Waals surface area contributed by atoms with Crippen LogP contribution in [0.4, 0.5) is 0 Å². The van der Waals surface area contributed by atoms with Gasteiger partial charge in [0.1, 0.15) is 11.5 Å². The van der Waals surface area contributed by atoms with Crippen LogP contribution in [0.1, 0.15) is 34.1 Å². The number of aromatic nitrogens is 1. The maximum atomic E-state index is 12.0. The van der Waals surface area contributed by atoms with E-state index in [4.69, 9.17) is 9.47 Å². The van der Waals surface area contributed by atoms with Gasteiger partial charge >= 0.3 is 5.97 Å². The van der Waals surface area contributed by atoms with Gasteiger partial charge in [-0.2, -0.15) is 0 Å². The molecular formula is C21H21NO3. The Balaban J connectivity index is 2.08. The number of aryl methyl sites for hydroxylation is 3. The third kappa shape index (κ3) is 3.79. The van der Waals surface area contributed by atoms with E-state index in [1.54, 1.807) is 19.1 Å². The lowest BCUT2D eigenvalue weighted by atomic mass is 10.1. The largest absolute Gasteiger partial charge is 0.462 e. The lowest BCUT2D eigenvalue weighted by Gasteiger charge is -2.12. The third-order valence-electron chi connectivity index (χ3n) is 3.83. The van der Waals surface area contributed by atoms with E-state index in [9.17, 15) is 4.79 Å². The molecule has 0 unspecified atom stereocenters. The monoisotopic (exact) mass is 335 g/mol. The summed E-state index contributed by atoms with van der Waals surface area (Å²) >= 11 is 0. The van der Waals surface area contributed by atoms with E-state index in [0.29, 0.717) is 17.9 Å². The molecule has 0 fully saturated rings. The first-order chi connectivity index (χ1) is 12.0. The van der Waals surface area contributed by atoms with Crippen molar-refractivity contribution in [1.29, 1.82) is 0 Å². The fourth-order valence-electron chi connectivity index (χ4n) is 2.87. The van der Waals surface area contributed by atoms with Crippen LogP contribution in [0.5, 0.6) is 11.5 Å². The van der Waals surface area contributed by atoms with Gasteiger partial charge < -0.3 is 9.47 Å². The van der Waals surface area contributed by atoms with Crippen molar-refractivity contribution in [3.05, 3.63) is 64.8 Å². The zero-order valence-corrected chi connectivity index (χ0v) is 14.9. The molecule has 0 spiro atoms. The highest BCUT2D eigenvalue weighted by Crippen LogP contribution is 2.31. The zero-order valence-electron chi connectivity index (χ0n) is 14.9. The van der Waals surface area contributed by atoms with Gasteiger partial charge in [-0.3, -0.25) is 4.98 Å². The number of hydrogen-bond donors (Lipinski definition) is 0.